The average Bonchev–Trinajstić information content (AvgIpc) is 3.13. The van der Waals surface area contributed by atoms with Crippen LogP contribution in [0.1, 0.15) is 18.1 Å². The third kappa shape index (κ3) is 6.21. The van der Waals surface area contributed by atoms with E-state index in [1.54, 1.807) is 36.4 Å². The zero-order chi connectivity index (χ0) is 24.3. The van der Waals surface area contributed by atoms with Crippen LogP contribution in [0.15, 0.2) is 60.7 Å². The highest BCUT2D eigenvalue weighted by molar-refractivity contribution is 8.46. The summed E-state index contributed by atoms with van der Waals surface area (Å²) in [6.07, 6.45) is -2.79. The normalized spacial score (nSPS) is 23.4. The summed E-state index contributed by atoms with van der Waals surface area (Å²) >= 11 is 0. The lowest BCUT2D eigenvalue weighted by Gasteiger charge is -2.47. The SMILES string of the molecule is CCOC(=O)[C@@H]1[C@H](S(F)(F)(F)(F)F)[C@@H](C(=O)OCc2ccccc2)ON1Cc1ccccc1. The lowest BCUT2D eigenvalue weighted by Crippen LogP contribution is -2.50. The quantitative estimate of drug-likeness (QED) is 0.373. The number of halogens is 5. The van der Waals surface area contributed by atoms with Crippen LogP contribution in [0.2, 0.25) is 0 Å². The molecular weight excluding hydrogens is 473 g/mol. The summed E-state index contributed by atoms with van der Waals surface area (Å²) in [6, 6.07) is 13.1. The molecule has 0 radical (unpaired) electrons. The summed E-state index contributed by atoms with van der Waals surface area (Å²) in [5, 5.41) is -3.33. The van der Waals surface area contributed by atoms with Gasteiger partial charge in [-0.15, -0.1) is 0 Å². The zero-order valence-electron chi connectivity index (χ0n) is 17.4. The Labute approximate surface area is 186 Å². The lowest BCUT2D eigenvalue weighted by molar-refractivity contribution is -0.199. The van der Waals surface area contributed by atoms with Gasteiger partial charge in [-0.05, 0) is 18.1 Å². The first-order chi connectivity index (χ1) is 15.3. The minimum absolute atomic E-state index is 0.356. The second-order valence-electron chi connectivity index (χ2n) is 7.37. The maximum absolute atomic E-state index is 14.1. The fourth-order valence-corrected chi connectivity index (χ4v) is 4.81. The highest BCUT2D eigenvalue weighted by Crippen LogP contribution is 3.01. The highest BCUT2D eigenvalue weighted by atomic mass is 32.5. The molecule has 33 heavy (non-hydrogen) atoms. The van der Waals surface area contributed by atoms with Gasteiger partial charge in [-0.2, -0.15) is 5.06 Å². The Bertz CT molecular complexity index is 991. The van der Waals surface area contributed by atoms with Gasteiger partial charge in [0.2, 0.25) is 0 Å². The maximum atomic E-state index is 14.1. The van der Waals surface area contributed by atoms with Crippen molar-refractivity contribution in [2.75, 3.05) is 6.61 Å². The van der Waals surface area contributed by atoms with E-state index in [-0.39, 0.29) is 6.61 Å². The van der Waals surface area contributed by atoms with E-state index in [2.05, 4.69) is 4.74 Å². The van der Waals surface area contributed by atoms with Crippen molar-refractivity contribution in [2.45, 2.75) is 37.5 Å². The molecule has 0 aliphatic carbocycles. The van der Waals surface area contributed by atoms with Crippen molar-refractivity contribution in [3.63, 3.8) is 0 Å². The lowest BCUT2D eigenvalue weighted by atomic mass is 10.1. The fraction of sp³-hybridized carbons (Fsp3) is 0.333. The van der Waals surface area contributed by atoms with Gasteiger partial charge in [-0.3, -0.25) is 9.63 Å². The Morgan fingerprint density at radius 2 is 1.42 bits per heavy atom. The molecule has 0 aromatic heterocycles. The van der Waals surface area contributed by atoms with Crippen LogP contribution in [0.4, 0.5) is 19.4 Å². The number of esters is 2. The van der Waals surface area contributed by atoms with Crippen LogP contribution in [0, 0.1) is 0 Å². The van der Waals surface area contributed by atoms with Gasteiger partial charge in [0.15, 0.2) is 17.4 Å². The molecule has 1 heterocycles. The van der Waals surface area contributed by atoms with E-state index < -0.39 is 52.7 Å². The Kier molecular flexibility index (Phi) is 6.48. The first-order valence-corrected chi connectivity index (χ1v) is 11.9. The molecule has 3 rings (SSSR count). The van der Waals surface area contributed by atoms with Crippen molar-refractivity contribution >= 4 is 22.2 Å². The number of ether oxygens (including phenoxy) is 2. The molecule has 1 aliphatic heterocycles. The summed E-state index contributed by atoms with van der Waals surface area (Å²) in [5.74, 6) is -3.24. The molecule has 3 atom stereocenters. The molecule has 0 unspecified atom stereocenters. The first-order valence-electron chi connectivity index (χ1n) is 9.87. The standard InChI is InChI=1S/C21H22F5NO5S/c1-2-30-20(28)17-19(33(22,23,24,25)26)18(21(29)31-14-16-11-7-4-8-12-16)32-27(17)13-15-9-5-3-6-10-15/h3-12,17-19H,2,13-14H2,1H3/t17-,18-,19-/m0/s1. The van der Waals surface area contributed by atoms with Crippen LogP contribution in [0.3, 0.4) is 0 Å². The Morgan fingerprint density at radius 1 is 0.879 bits per heavy atom. The van der Waals surface area contributed by atoms with E-state index in [9.17, 15) is 29.0 Å². The molecule has 1 fully saturated rings. The minimum Gasteiger partial charge on any atom is -0.465 e. The number of hydroxylamine groups is 2. The topological polar surface area (TPSA) is 65.1 Å². The third-order valence-electron chi connectivity index (χ3n) is 4.85. The largest absolute Gasteiger partial charge is 0.465 e. The van der Waals surface area contributed by atoms with Crippen molar-refractivity contribution in [2.24, 2.45) is 0 Å². The second kappa shape index (κ2) is 8.58. The van der Waals surface area contributed by atoms with Gasteiger partial charge in [-0.1, -0.05) is 80.1 Å². The van der Waals surface area contributed by atoms with Gasteiger partial charge in [0, 0.05) is 0 Å². The van der Waals surface area contributed by atoms with Crippen molar-refractivity contribution in [3.8, 4) is 0 Å². The van der Waals surface area contributed by atoms with Gasteiger partial charge in [0.05, 0.1) is 13.2 Å². The average molecular weight is 495 g/mol. The monoisotopic (exact) mass is 495 g/mol. The molecule has 1 aliphatic rings. The maximum Gasteiger partial charge on any atom is 0.339 e. The van der Waals surface area contributed by atoms with E-state index in [1.165, 1.54) is 31.2 Å². The molecule has 0 spiro atoms. The molecule has 0 amide bonds. The summed E-state index contributed by atoms with van der Waals surface area (Å²) in [6.45, 7) is 0.0205. The van der Waals surface area contributed by atoms with Crippen molar-refractivity contribution in [1.82, 2.24) is 5.06 Å². The number of nitrogens with zero attached hydrogens (tertiary/aromatic N) is 1. The van der Waals surface area contributed by atoms with E-state index in [4.69, 9.17) is 9.57 Å². The number of hydrogen-bond donors (Lipinski definition) is 0. The molecule has 2 aromatic rings. The second-order valence-corrected chi connectivity index (χ2v) is 9.97. The minimum atomic E-state index is -10.5. The summed E-state index contributed by atoms with van der Waals surface area (Å²) < 4.78 is 80.2. The van der Waals surface area contributed by atoms with Gasteiger partial charge in [-0.25, -0.2) is 4.79 Å². The van der Waals surface area contributed by atoms with E-state index >= 15 is 0 Å². The molecule has 12 heteroatoms. The number of rotatable bonds is 8. The predicted octanol–water partition coefficient (Wildman–Crippen LogP) is 5.14. The van der Waals surface area contributed by atoms with Crippen molar-refractivity contribution in [3.05, 3.63) is 71.8 Å². The highest BCUT2D eigenvalue weighted by Gasteiger charge is 2.80. The third-order valence-corrected chi connectivity index (χ3v) is 6.38. The van der Waals surface area contributed by atoms with Gasteiger partial charge in [0.1, 0.15) is 6.61 Å². The number of benzene rings is 2. The van der Waals surface area contributed by atoms with Gasteiger partial charge < -0.3 is 9.47 Å². The van der Waals surface area contributed by atoms with E-state index in [0.717, 1.165) is 0 Å². The Hall–Kier alpha value is -2.70. The number of carbonyl (C=O) groups excluding carboxylic acids is 2. The Balaban J connectivity index is 1.97. The predicted molar refractivity (Wildman–Crippen MR) is 110 cm³/mol. The molecule has 2 aromatic carbocycles. The van der Waals surface area contributed by atoms with Gasteiger partial charge in [0.25, 0.3) is 10.2 Å². The molecule has 0 saturated carbocycles. The molecule has 182 valence electrons. The van der Waals surface area contributed by atoms with Gasteiger partial charge >= 0.3 is 11.9 Å². The number of carbonyl (C=O) groups is 2. The zero-order valence-corrected chi connectivity index (χ0v) is 18.2. The van der Waals surface area contributed by atoms with Crippen molar-refractivity contribution < 1.29 is 43.3 Å². The van der Waals surface area contributed by atoms with E-state index in [1.807, 2.05) is 0 Å². The van der Waals surface area contributed by atoms with E-state index in [0.29, 0.717) is 16.2 Å². The fourth-order valence-electron chi connectivity index (χ4n) is 3.44. The van der Waals surface area contributed by atoms with Crippen molar-refractivity contribution in [1.29, 1.82) is 0 Å². The molecular formula is C21H22F5NO5S. The van der Waals surface area contributed by atoms with Crippen LogP contribution in [0.25, 0.3) is 0 Å². The number of hydrogen-bond acceptors (Lipinski definition) is 6. The molecule has 1 saturated heterocycles. The van der Waals surface area contributed by atoms with Crippen LogP contribution in [0.5, 0.6) is 0 Å². The van der Waals surface area contributed by atoms with Crippen LogP contribution < -0.4 is 0 Å². The van der Waals surface area contributed by atoms with Crippen LogP contribution in [-0.2, 0) is 37.1 Å². The van der Waals surface area contributed by atoms with Crippen LogP contribution >= 0.6 is 10.2 Å². The summed E-state index contributed by atoms with van der Waals surface area (Å²) in [5.41, 5.74) is 0.793. The first kappa shape index (κ1) is 24.9. The summed E-state index contributed by atoms with van der Waals surface area (Å²) in [7, 11) is -10.5. The Morgan fingerprint density at radius 3 is 1.94 bits per heavy atom. The molecule has 6 nitrogen and oxygen atoms in total. The molecule has 0 N–H and O–H groups in total. The smallest absolute Gasteiger partial charge is 0.339 e. The molecule has 0 bridgehead atoms. The van der Waals surface area contributed by atoms with Crippen LogP contribution in [-0.4, -0.2) is 41.0 Å². The summed E-state index contributed by atoms with van der Waals surface area (Å²) in [4.78, 5) is 30.0.